The van der Waals surface area contributed by atoms with Gasteiger partial charge in [0, 0.05) is 10.9 Å². The van der Waals surface area contributed by atoms with Gasteiger partial charge in [0.25, 0.3) is 0 Å². The third kappa shape index (κ3) is 4.27. The molecule has 0 saturated heterocycles. The number of alkyl halides is 6. The molecule has 0 fully saturated rings. The number of ether oxygens (including phenoxy) is 3. The van der Waals surface area contributed by atoms with Crippen molar-refractivity contribution in [3.63, 3.8) is 0 Å². The fraction of sp³-hybridized carbons (Fsp3) is 0.263. The van der Waals surface area contributed by atoms with E-state index in [1.54, 1.807) is 0 Å². The zero-order valence-electron chi connectivity index (χ0n) is 16.1. The van der Waals surface area contributed by atoms with Crippen LogP contribution >= 0.6 is 11.6 Å². The highest BCUT2D eigenvalue weighted by Gasteiger charge is 2.37. The third-order valence-electron chi connectivity index (χ3n) is 4.29. The van der Waals surface area contributed by atoms with Gasteiger partial charge in [0.2, 0.25) is 5.75 Å². The number of benzene rings is 2. The van der Waals surface area contributed by atoms with Crippen LogP contribution in [0.4, 0.5) is 26.3 Å². The molecule has 0 N–H and O–H groups in total. The summed E-state index contributed by atoms with van der Waals surface area (Å²) in [6.07, 6.45) is -10.0. The Morgan fingerprint density at radius 3 is 1.74 bits per heavy atom. The molecule has 0 saturated carbocycles. The number of hydrogen-bond acceptors (Lipinski definition) is 5. The van der Waals surface area contributed by atoms with Crippen molar-refractivity contribution in [1.82, 2.24) is 9.97 Å². The summed E-state index contributed by atoms with van der Waals surface area (Å²) < 4.78 is 94.9. The molecule has 166 valence electrons. The van der Waals surface area contributed by atoms with Gasteiger partial charge in [-0.25, -0.2) is 9.97 Å². The summed E-state index contributed by atoms with van der Waals surface area (Å²) in [5, 5.41) is -0.0341. The van der Waals surface area contributed by atoms with Crippen molar-refractivity contribution in [2.75, 3.05) is 21.3 Å². The number of halogens is 7. The van der Waals surface area contributed by atoms with Crippen LogP contribution in [0.15, 0.2) is 24.3 Å². The van der Waals surface area contributed by atoms with Gasteiger partial charge in [0.15, 0.2) is 17.3 Å². The Hall–Kier alpha value is -2.95. The summed E-state index contributed by atoms with van der Waals surface area (Å²) in [5.74, 6) is -0.119. The van der Waals surface area contributed by atoms with Gasteiger partial charge in [-0.3, -0.25) is 0 Å². The van der Waals surface area contributed by atoms with E-state index in [0.29, 0.717) is 12.1 Å². The first kappa shape index (κ1) is 22.7. The first-order valence-corrected chi connectivity index (χ1v) is 8.74. The molecule has 3 rings (SSSR count). The van der Waals surface area contributed by atoms with Gasteiger partial charge in [0.05, 0.1) is 32.5 Å². The zero-order valence-corrected chi connectivity index (χ0v) is 16.8. The number of methoxy groups -OCH3 is 3. The predicted molar refractivity (Wildman–Crippen MR) is 99.6 cm³/mol. The second-order valence-corrected chi connectivity index (χ2v) is 6.53. The molecule has 0 aliphatic carbocycles. The van der Waals surface area contributed by atoms with Crippen LogP contribution in [0.3, 0.4) is 0 Å². The molecule has 0 radical (unpaired) electrons. The summed E-state index contributed by atoms with van der Waals surface area (Å²) in [4.78, 5) is 8.01. The van der Waals surface area contributed by atoms with Crippen LogP contribution in [0.5, 0.6) is 17.2 Å². The van der Waals surface area contributed by atoms with Crippen LogP contribution in [0, 0.1) is 0 Å². The average Bonchev–Trinajstić information content (AvgIpc) is 2.70. The second kappa shape index (κ2) is 7.95. The molecule has 1 aromatic heterocycles. The Bertz CT molecular complexity index is 1120. The molecular formula is C19H13ClF6N2O3. The maximum atomic E-state index is 13.2. The molecule has 0 spiro atoms. The Morgan fingerprint density at radius 1 is 0.742 bits per heavy atom. The minimum Gasteiger partial charge on any atom is -0.493 e. The second-order valence-electron chi connectivity index (χ2n) is 6.17. The quantitative estimate of drug-likeness (QED) is 0.348. The number of fused-ring (bicyclic) bond motifs is 1. The number of aromatic nitrogens is 2. The zero-order chi connectivity index (χ0) is 23.1. The lowest BCUT2D eigenvalue weighted by Gasteiger charge is -2.16. The summed E-state index contributed by atoms with van der Waals surface area (Å²) in [5.41, 5.74) is -3.52. The lowest BCUT2D eigenvalue weighted by Crippen LogP contribution is -2.11. The van der Waals surface area contributed by atoms with Gasteiger partial charge in [-0.05, 0) is 24.3 Å². The third-order valence-corrected chi connectivity index (χ3v) is 4.58. The Labute approximate surface area is 176 Å². The van der Waals surface area contributed by atoms with Gasteiger partial charge in [-0.2, -0.15) is 26.3 Å². The molecule has 12 heteroatoms. The van der Waals surface area contributed by atoms with Crippen molar-refractivity contribution in [3.8, 4) is 28.6 Å². The highest BCUT2D eigenvalue weighted by molar-refractivity contribution is 6.34. The van der Waals surface area contributed by atoms with E-state index in [0.717, 1.165) is 0 Å². The molecule has 0 unspecified atom stereocenters. The van der Waals surface area contributed by atoms with E-state index in [2.05, 4.69) is 9.97 Å². The SMILES string of the molecule is COc1cc2c(Cl)nc(-c3cc(C(F)(F)F)cc(C(F)(F)F)c3)nc2c(OC)c1OC. The van der Waals surface area contributed by atoms with Crippen molar-refractivity contribution in [2.45, 2.75) is 12.4 Å². The van der Waals surface area contributed by atoms with Crippen molar-refractivity contribution < 1.29 is 40.6 Å². The van der Waals surface area contributed by atoms with Crippen LogP contribution in [0.25, 0.3) is 22.3 Å². The lowest BCUT2D eigenvalue weighted by atomic mass is 10.0. The summed E-state index contributed by atoms with van der Waals surface area (Å²) in [6, 6.07) is 2.46. The van der Waals surface area contributed by atoms with Gasteiger partial charge < -0.3 is 14.2 Å². The molecule has 31 heavy (non-hydrogen) atoms. The van der Waals surface area contributed by atoms with Crippen LogP contribution in [0.1, 0.15) is 11.1 Å². The van der Waals surface area contributed by atoms with E-state index in [9.17, 15) is 26.3 Å². The molecule has 0 amide bonds. The maximum absolute atomic E-state index is 13.2. The average molecular weight is 467 g/mol. The normalized spacial score (nSPS) is 12.2. The summed E-state index contributed by atoms with van der Waals surface area (Å²) in [7, 11) is 3.95. The predicted octanol–water partition coefficient (Wildman–Crippen LogP) is 6.01. The van der Waals surface area contributed by atoms with E-state index in [4.69, 9.17) is 25.8 Å². The largest absolute Gasteiger partial charge is 0.493 e. The van der Waals surface area contributed by atoms with Gasteiger partial charge in [-0.15, -0.1) is 0 Å². The highest BCUT2D eigenvalue weighted by atomic mass is 35.5. The standard InChI is InChI=1S/C19H13ClF6N2O3/c1-29-12-7-11-13(15(31-3)14(12)30-2)27-17(28-16(11)20)8-4-9(18(21,22)23)6-10(5-8)19(24,25)26/h4-7H,1-3H3. The number of hydrogen-bond donors (Lipinski definition) is 0. The molecule has 0 aliphatic heterocycles. The Balaban J connectivity index is 2.36. The van der Waals surface area contributed by atoms with Crippen molar-refractivity contribution in [2.24, 2.45) is 0 Å². The van der Waals surface area contributed by atoms with Crippen LogP contribution in [0.2, 0.25) is 5.15 Å². The molecule has 2 aromatic carbocycles. The first-order valence-electron chi connectivity index (χ1n) is 8.36. The maximum Gasteiger partial charge on any atom is 0.416 e. The highest BCUT2D eigenvalue weighted by Crippen LogP contribution is 2.45. The molecule has 3 aromatic rings. The minimum atomic E-state index is -5.02. The van der Waals surface area contributed by atoms with Crippen LogP contribution in [-0.4, -0.2) is 31.3 Å². The van der Waals surface area contributed by atoms with Crippen molar-refractivity contribution in [3.05, 3.63) is 40.5 Å². The lowest BCUT2D eigenvalue weighted by molar-refractivity contribution is -0.143. The van der Waals surface area contributed by atoms with E-state index in [1.807, 2.05) is 0 Å². The molecule has 5 nitrogen and oxygen atoms in total. The fourth-order valence-electron chi connectivity index (χ4n) is 2.91. The molecule has 0 atom stereocenters. The Morgan fingerprint density at radius 2 is 1.29 bits per heavy atom. The molecule has 0 bridgehead atoms. The number of nitrogens with zero attached hydrogens (tertiary/aromatic N) is 2. The van der Waals surface area contributed by atoms with Crippen LogP contribution in [-0.2, 0) is 12.4 Å². The van der Waals surface area contributed by atoms with Gasteiger partial charge in [0.1, 0.15) is 10.7 Å². The van der Waals surface area contributed by atoms with E-state index in [1.165, 1.54) is 27.4 Å². The fourth-order valence-corrected chi connectivity index (χ4v) is 3.13. The van der Waals surface area contributed by atoms with E-state index in [-0.39, 0.29) is 39.4 Å². The molecular weight excluding hydrogens is 454 g/mol. The van der Waals surface area contributed by atoms with Crippen LogP contribution < -0.4 is 14.2 Å². The topological polar surface area (TPSA) is 53.5 Å². The first-order chi connectivity index (χ1) is 14.4. The van der Waals surface area contributed by atoms with Crippen molar-refractivity contribution >= 4 is 22.5 Å². The summed E-state index contributed by atoms with van der Waals surface area (Å²) in [6.45, 7) is 0. The minimum absolute atomic E-state index is 0.0145. The summed E-state index contributed by atoms with van der Waals surface area (Å²) >= 11 is 6.18. The Kier molecular flexibility index (Phi) is 5.83. The van der Waals surface area contributed by atoms with E-state index < -0.39 is 34.9 Å². The van der Waals surface area contributed by atoms with Gasteiger partial charge >= 0.3 is 12.4 Å². The molecule has 0 aliphatic rings. The monoisotopic (exact) mass is 466 g/mol. The smallest absolute Gasteiger partial charge is 0.416 e. The molecule has 1 heterocycles. The van der Waals surface area contributed by atoms with Crippen molar-refractivity contribution in [1.29, 1.82) is 0 Å². The van der Waals surface area contributed by atoms with Gasteiger partial charge in [-0.1, -0.05) is 11.6 Å². The van der Waals surface area contributed by atoms with E-state index >= 15 is 0 Å². The number of rotatable bonds is 4.